The highest BCUT2D eigenvalue weighted by Gasteiger charge is 2.27. The summed E-state index contributed by atoms with van der Waals surface area (Å²) in [6, 6.07) is 0. The van der Waals surface area contributed by atoms with Gasteiger partial charge in [0.2, 0.25) is 0 Å². The molecule has 0 spiro atoms. The van der Waals surface area contributed by atoms with Crippen LogP contribution in [0.3, 0.4) is 0 Å². The summed E-state index contributed by atoms with van der Waals surface area (Å²) in [5.41, 5.74) is 3.20. The Morgan fingerprint density at radius 2 is 2.12 bits per heavy atom. The average molecular weight is 216 g/mol. The summed E-state index contributed by atoms with van der Waals surface area (Å²) >= 11 is 0. The second-order valence-corrected chi connectivity index (χ2v) is 6.16. The molecular formula is C16H24. The van der Waals surface area contributed by atoms with Gasteiger partial charge in [0.25, 0.3) is 0 Å². The molecule has 1 rings (SSSR count). The Bertz CT molecular complexity index is 356. The molecule has 16 heavy (non-hydrogen) atoms. The van der Waals surface area contributed by atoms with E-state index in [1.807, 2.05) is 0 Å². The van der Waals surface area contributed by atoms with Crippen LogP contribution in [0.5, 0.6) is 0 Å². The molecule has 1 aliphatic rings. The van der Waals surface area contributed by atoms with E-state index in [4.69, 9.17) is 6.42 Å². The first-order valence-electron chi connectivity index (χ1n) is 6.14. The number of hydrogen-bond donors (Lipinski definition) is 0. The van der Waals surface area contributed by atoms with E-state index in [0.717, 1.165) is 6.42 Å². The normalized spacial score (nSPS) is 22.8. The zero-order chi connectivity index (χ0) is 12.4. The summed E-state index contributed by atoms with van der Waals surface area (Å²) in [4.78, 5) is 0. The van der Waals surface area contributed by atoms with Gasteiger partial charge in [-0.3, -0.25) is 0 Å². The molecule has 0 saturated carbocycles. The third kappa shape index (κ3) is 3.01. The Hall–Kier alpha value is -0.960. The van der Waals surface area contributed by atoms with Crippen LogP contribution >= 0.6 is 0 Å². The van der Waals surface area contributed by atoms with E-state index in [1.165, 1.54) is 24.0 Å². The van der Waals surface area contributed by atoms with Crippen molar-refractivity contribution in [2.45, 2.75) is 53.9 Å². The molecule has 0 heteroatoms. The van der Waals surface area contributed by atoms with Gasteiger partial charge in [0.1, 0.15) is 0 Å². The zero-order valence-electron chi connectivity index (χ0n) is 11.4. The minimum absolute atomic E-state index is 0.0270. The Labute approximate surface area is 101 Å². The fraction of sp³-hybridized carbons (Fsp3) is 0.625. The van der Waals surface area contributed by atoms with E-state index < -0.39 is 0 Å². The zero-order valence-corrected chi connectivity index (χ0v) is 11.4. The standard InChI is InChI=1S/C16H24/c1-7-15(3,4)12-10-14-13(2)9-8-11-16(14,5)6/h1,9-10H,8,11-12H2,2-6H3. The summed E-state index contributed by atoms with van der Waals surface area (Å²) in [7, 11) is 0. The number of terminal acetylenes is 1. The van der Waals surface area contributed by atoms with Gasteiger partial charge < -0.3 is 0 Å². The van der Waals surface area contributed by atoms with Crippen LogP contribution in [0.2, 0.25) is 0 Å². The maximum atomic E-state index is 5.53. The maximum absolute atomic E-state index is 5.53. The van der Waals surface area contributed by atoms with E-state index >= 15 is 0 Å². The summed E-state index contributed by atoms with van der Waals surface area (Å²) in [6.45, 7) is 11.1. The molecule has 0 bridgehead atoms. The first-order chi connectivity index (χ1) is 7.28. The molecule has 1 aliphatic carbocycles. The number of rotatable bonds is 2. The quantitative estimate of drug-likeness (QED) is 0.585. The van der Waals surface area contributed by atoms with Crippen LogP contribution in [0.1, 0.15) is 53.9 Å². The molecular weight excluding hydrogens is 192 g/mol. The predicted molar refractivity (Wildman–Crippen MR) is 72.1 cm³/mol. The minimum Gasteiger partial charge on any atom is -0.120 e. The SMILES string of the molecule is C#CC(C)(C)CC=C1C(C)=CCCC1(C)C. The monoisotopic (exact) mass is 216 g/mol. The lowest BCUT2D eigenvalue weighted by Gasteiger charge is -2.33. The van der Waals surface area contributed by atoms with E-state index in [2.05, 4.69) is 52.7 Å². The number of hydrogen-bond acceptors (Lipinski definition) is 0. The van der Waals surface area contributed by atoms with Crippen molar-refractivity contribution in [3.63, 3.8) is 0 Å². The van der Waals surface area contributed by atoms with Crippen LogP contribution < -0.4 is 0 Å². The highest BCUT2D eigenvalue weighted by molar-refractivity contribution is 5.37. The third-order valence-electron chi connectivity index (χ3n) is 3.58. The van der Waals surface area contributed by atoms with Gasteiger partial charge in [-0.05, 0) is 51.0 Å². The van der Waals surface area contributed by atoms with E-state index in [1.54, 1.807) is 0 Å². The topological polar surface area (TPSA) is 0 Å². The fourth-order valence-electron chi connectivity index (χ4n) is 2.28. The summed E-state index contributed by atoms with van der Waals surface area (Å²) in [5.74, 6) is 2.86. The molecule has 0 N–H and O–H groups in total. The Morgan fingerprint density at radius 1 is 1.50 bits per heavy atom. The van der Waals surface area contributed by atoms with Crippen molar-refractivity contribution in [2.24, 2.45) is 10.8 Å². The van der Waals surface area contributed by atoms with E-state index in [0.29, 0.717) is 5.41 Å². The molecule has 0 heterocycles. The first-order valence-corrected chi connectivity index (χ1v) is 6.14. The molecule has 0 saturated heterocycles. The molecule has 0 radical (unpaired) electrons. The lowest BCUT2D eigenvalue weighted by molar-refractivity contribution is 0.398. The summed E-state index contributed by atoms with van der Waals surface area (Å²) in [5, 5.41) is 0. The molecule has 0 aromatic carbocycles. The summed E-state index contributed by atoms with van der Waals surface area (Å²) in [6.07, 6.45) is 13.6. The van der Waals surface area contributed by atoms with Crippen molar-refractivity contribution in [1.29, 1.82) is 0 Å². The second-order valence-electron chi connectivity index (χ2n) is 6.16. The van der Waals surface area contributed by atoms with Gasteiger partial charge in [-0.15, -0.1) is 12.3 Å². The van der Waals surface area contributed by atoms with Gasteiger partial charge in [-0.2, -0.15) is 0 Å². The highest BCUT2D eigenvalue weighted by atomic mass is 14.3. The van der Waals surface area contributed by atoms with Crippen molar-refractivity contribution >= 4 is 0 Å². The summed E-state index contributed by atoms with van der Waals surface area (Å²) < 4.78 is 0. The minimum atomic E-state index is -0.0270. The van der Waals surface area contributed by atoms with E-state index in [-0.39, 0.29) is 5.41 Å². The van der Waals surface area contributed by atoms with Gasteiger partial charge in [0, 0.05) is 5.41 Å². The van der Waals surface area contributed by atoms with Crippen LogP contribution in [0, 0.1) is 23.2 Å². The molecule has 0 amide bonds. The molecule has 0 unspecified atom stereocenters. The van der Waals surface area contributed by atoms with Gasteiger partial charge in [-0.1, -0.05) is 31.6 Å². The van der Waals surface area contributed by atoms with Gasteiger partial charge in [0.15, 0.2) is 0 Å². The van der Waals surface area contributed by atoms with Gasteiger partial charge in [-0.25, -0.2) is 0 Å². The number of allylic oxidation sites excluding steroid dienone is 4. The molecule has 0 aromatic rings. The largest absolute Gasteiger partial charge is 0.120 e. The molecule has 0 atom stereocenters. The smallest absolute Gasteiger partial charge is 0.0290 e. The second kappa shape index (κ2) is 4.50. The molecule has 88 valence electrons. The maximum Gasteiger partial charge on any atom is 0.0290 e. The van der Waals surface area contributed by atoms with Crippen LogP contribution in [-0.2, 0) is 0 Å². The molecule has 0 aromatic heterocycles. The lowest BCUT2D eigenvalue weighted by atomic mass is 9.72. The van der Waals surface area contributed by atoms with Crippen molar-refractivity contribution in [2.75, 3.05) is 0 Å². The van der Waals surface area contributed by atoms with Crippen LogP contribution in [0.25, 0.3) is 0 Å². The van der Waals surface area contributed by atoms with Crippen molar-refractivity contribution < 1.29 is 0 Å². The average Bonchev–Trinajstić information content (AvgIpc) is 2.16. The van der Waals surface area contributed by atoms with E-state index in [9.17, 15) is 0 Å². The first kappa shape index (κ1) is 13.1. The van der Waals surface area contributed by atoms with Crippen molar-refractivity contribution in [1.82, 2.24) is 0 Å². The third-order valence-corrected chi connectivity index (χ3v) is 3.58. The Kier molecular flexibility index (Phi) is 3.68. The van der Waals surface area contributed by atoms with Gasteiger partial charge >= 0.3 is 0 Å². The molecule has 0 nitrogen and oxygen atoms in total. The lowest BCUT2D eigenvalue weighted by Crippen LogP contribution is -2.19. The molecule has 0 fully saturated rings. The fourth-order valence-corrected chi connectivity index (χ4v) is 2.28. The molecule has 0 aliphatic heterocycles. The van der Waals surface area contributed by atoms with Crippen molar-refractivity contribution in [3.05, 3.63) is 23.3 Å². The highest BCUT2D eigenvalue weighted by Crippen LogP contribution is 2.41. The predicted octanol–water partition coefficient (Wildman–Crippen LogP) is 4.73. The van der Waals surface area contributed by atoms with Gasteiger partial charge in [0.05, 0.1) is 0 Å². The van der Waals surface area contributed by atoms with Crippen LogP contribution in [0.15, 0.2) is 23.3 Å². The Balaban J connectivity index is 2.93. The van der Waals surface area contributed by atoms with Crippen LogP contribution in [-0.4, -0.2) is 0 Å². The van der Waals surface area contributed by atoms with Crippen LogP contribution in [0.4, 0.5) is 0 Å². The Morgan fingerprint density at radius 3 is 2.62 bits per heavy atom. The van der Waals surface area contributed by atoms with Crippen molar-refractivity contribution in [3.8, 4) is 12.3 Å².